The largest absolute Gasteiger partial charge is 0.360 e. The molecule has 7 nitrogen and oxygen atoms in total. The third-order valence-electron chi connectivity index (χ3n) is 3.78. The van der Waals surface area contributed by atoms with E-state index in [9.17, 15) is 9.59 Å². The Kier molecular flexibility index (Phi) is 6.47. The molecule has 2 heterocycles. The SMILES string of the molecule is Cc1cc(NC(=O)C(C)SCC(=O)N2CCCN(C)CC2)no1. The minimum absolute atomic E-state index is 0.0993. The van der Waals surface area contributed by atoms with E-state index in [-0.39, 0.29) is 17.1 Å². The van der Waals surface area contributed by atoms with Gasteiger partial charge >= 0.3 is 0 Å². The predicted molar refractivity (Wildman–Crippen MR) is 90.5 cm³/mol. The second-order valence-electron chi connectivity index (χ2n) is 5.80. The van der Waals surface area contributed by atoms with Crippen LogP contribution < -0.4 is 5.32 Å². The van der Waals surface area contributed by atoms with Crippen LogP contribution in [0.2, 0.25) is 0 Å². The molecule has 2 amide bonds. The first-order valence-electron chi connectivity index (χ1n) is 7.78. The van der Waals surface area contributed by atoms with Crippen LogP contribution in [-0.2, 0) is 9.59 Å². The van der Waals surface area contributed by atoms with E-state index < -0.39 is 0 Å². The van der Waals surface area contributed by atoms with E-state index in [2.05, 4.69) is 22.4 Å². The number of aromatic nitrogens is 1. The molecule has 0 aliphatic carbocycles. The van der Waals surface area contributed by atoms with Crippen LogP contribution in [0.1, 0.15) is 19.1 Å². The fourth-order valence-electron chi connectivity index (χ4n) is 2.31. The fraction of sp³-hybridized carbons (Fsp3) is 0.667. The van der Waals surface area contributed by atoms with Crippen molar-refractivity contribution in [2.24, 2.45) is 0 Å². The number of carbonyl (C=O) groups is 2. The second-order valence-corrected chi connectivity index (χ2v) is 7.13. The molecule has 1 aromatic rings. The molecule has 128 valence electrons. The molecule has 1 aromatic heterocycles. The molecule has 0 radical (unpaired) electrons. The van der Waals surface area contributed by atoms with Gasteiger partial charge in [-0.1, -0.05) is 5.16 Å². The molecule has 23 heavy (non-hydrogen) atoms. The van der Waals surface area contributed by atoms with E-state index in [1.165, 1.54) is 11.8 Å². The zero-order valence-electron chi connectivity index (χ0n) is 13.9. The maximum Gasteiger partial charge on any atom is 0.238 e. The van der Waals surface area contributed by atoms with Crippen molar-refractivity contribution in [3.63, 3.8) is 0 Å². The van der Waals surface area contributed by atoms with Gasteiger partial charge in [0.25, 0.3) is 0 Å². The lowest BCUT2D eigenvalue weighted by atomic mass is 10.4. The van der Waals surface area contributed by atoms with Gasteiger partial charge in [-0.15, -0.1) is 11.8 Å². The molecule has 1 unspecified atom stereocenters. The third-order valence-corrected chi connectivity index (χ3v) is 4.91. The number of hydrogen-bond acceptors (Lipinski definition) is 6. The number of nitrogens with zero attached hydrogens (tertiary/aromatic N) is 3. The predicted octanol–water partition coefficient (Wildman–Crippen LogP) is 1.21. The van der Waals surface area contributed by atoms with Gasteiger partial charge in [0.1, 0.15) is 5.76 Å². The summed E-state index contributed by atoms with van der Waals surface area (Å²) in [6.07, 6.45) is 0.995. The van der Waals surface area contributed by atoms with Crippen molar-refractivity contribution in [2.75, 3.05) is 44.3 Å². The summed E-state index contributed by atoms with van der Waals surface area (Å²) in [5.41, 5.74) is 0. The van der Waals surface area contributed by atoms with Gasteiger partial charge in [-0.2, -0.15) is 0 Å². The van der Waals surface area contributed by atoms with Crippen LogP contribution in [0.4, 0.5) is 5.82 Å². The van der Waals surface area contributed by atoms with E-state index in [0.29, 0.717) is 17.3 Å². The zero-order valence-corrected chi connectivity index (χ0v) is 14.7. The van der Waals surface area contributed by atoms with Crippen molar-refractivity contribution < 1.29 is 14.1 Å². The number of thioether (sulfide) groups is 1. The number of hydrogen-bond donors (Lipinski definition) is 1. The number of anilines is 1. The molecule has 0 spiro atoms. The molecule has 2 rings (SSSR count). The summed E-state index contributed by atoms with van der Waals surface area (Å²) >= 11 is 1.34. The van der Waals surface area contributed by atoms with Crippen LogP contribution in [-0.4, -0.2) is 71.0 Å². The summed E-state index contributed by atoms with van der Waals surface area (Å²) in [5, 5.41) is 6.09. The number of nitrogens with one attached hydrogen (secondary N) is 1. The highest BCUT2D eigenvalue weighted by molar-refractivity contribution is 8.01. The monoisotopic (exact) mass is 340 g/mol. The highest BCUT2D eigenvalue weighted by Crippen LogP contribution is 2.15. The molecular weight excluding hydrogens is 316 g/mol. The molecular formula is C15H24N4O3S. The first-order valence-corrected chi connectivity index (χ1v) is 8.82. The summed E-state index contributed by atoms with van der Waals surface area (Å²) in [4.78, 5) is 28.5. The van der Waals surface area contributed by atoms with Gasteiger partial charge in [0, 0.05) is 25.7 Å². The molecule has 1 fully saturated rings. The number of carbonyl (C=O) groups excluding carboxylic acids is 2. The zero-order chi connectivity index (χ0) is 16.8. The van der Waals surface area contributed by atoms with Gasteiger partial charge in [-0.05, 0) is 33.9 Å². The summed E-state index contributed by atoms with van der Waals surface area (Å²) in [6.45, 7) is 7.02. The maximum absolute atomic E-state index is 12.3. The van der Waals surface area contributed by atoms with Gasteiger partial charge in [0.15, 0.2) is 5.82 Å². The topological polar surface area (TPSA) is 78.7 Å². The first-order chi connectivity index (χ1) is 11.0. The Balaban J connectivity index is 1.75. The second kappa shape index (κ2) is 8.35. The van der Waals surface area contributed by atoms with Crippen LogP contribution in [0.25, 0.3) is 0 Å². The average Bonchev–Trinajstić information content (AvgIpc) is 2.79. The molecule has 1 aliphatic heterocycles. The minimum atomic E-state index is -0.328. The van der Waals surface area contributed by atoms with Gasteiger partial charge in [0.2, 0.25) is 11.8 Å². The summed E-state index contributed by atoms with van der Waals surface area (Å²) < 4.78 is 4.91. The van der Waals surface area contributed by atoms with Crippen LogP contribution in [0.15, 0.2) is 10.6 Å². The van der Waals surface area contributed by atoms with Gasteiger partial charge < -0.3 is 19.6 Å². The van der Waals surface area contributed by atoms with Gasteiger partial charge in [0.05, 0.1) is 11.0 Å². The highest BCUT2D eigenvalue weighted by atomic mass is 32.2. The lowest BCUT2D eigenvalue weighted by Crippen LogP contribution is -2.36. The smallest absolute Gasteiger partial charge is 0.238 e. The van der Waals surface area contributed by atoms with Crippen molar-refractivity contribution in [1.82, 2.24) is 15.0 Å². The summed E-state index contributed by atoms with van der Waals surface area (Å²) in [7, 11) is 2.07. The van der Waals surface area contributed by atoms with Crippen LogP contribution in [0, 0.1) is 6.92 Å². The van der Waals surface area contributed by atoms with E-state index in [0.717, 1.165) is 32.6 Å². The van der Waals surface area contributed by atoms with E-state index in [1.807, 2.05) is 4.90 Å². The Morgan fingerprint density at radius 1 is 1.39 bits per heavy atom. The van der Waals surface area contributed by atoms with Crippen molar-refractivity contribution in [3.05, 3.63) is 11.8 Å². The number of rotatable bonds is 5. The molecule has 1 saturated heterocycles. The van der Waals surface area contributed by atoms with Crippen LogP contribution >= 0.6 is 11.8 Å². The minimum Gasteiger partial charge on any atom is -0.360 e. The third kappa shape index (κ3) is 5.54. The summed E-state index contributed by atoms with van der Waals surface area (Å²) in [5.74, 6) is 1.29. The molecule has 0 saturated carbocycles. The first kappa shape index (κ1) is 17.8. The molecule has 8 heteroatoms. The Bertz CT molecular complexity index is 549. The Morgan fingerprint density at radius 3 is 2.87 bits per heavy atom. The number of aryl methyl sites for hydroxylation is 1. The average molecular weight is 340 g/mol. The van der Waals surface area contributed by atoms with E-state index in [1.54, 1.807) is 19.9 Å². The molecule has 0 aromatic carbocycles. The van der Waals surface area contributed by atoms with E-state index in [4.69, 9.17) is 4.52 Å². The molecule has 1 N–H and O–H groups in total. The molecule has 0 bridgehead atoms. The maximum atomic E-state index is 12.3. The van der Waals surface area contributed by atoms with Gasteiger partial charge in [-0.25, -0.2) is 0 Å². The number of likely N-dealkylation sites (N-methyl/N-ethyl adjacent to an activating group) is 1. The molecule has 1 aliphatic rings. The van der Waals surface area contributed by atoms with Crippen molar-refractivity contribution in [1.29, 1.82) is 0 Å². The summed E-state index contributed by atoms with van der Waals surface area (Å²) in [6, 6.07) is 1.66. The lowest BCUT2D eigenvalue weighted by molar-refractivity contribution is -0.128. The van der Waals surface area contributed by atoms with Crippen molar-refractivity contribution >= 4 is 29.4 Å². The van der Waals surface area contributed by atoms with Crippen molar-refractivity contribution in [2.45, 2.75) is 25.5 Å². The van der Waals surface area contributed by atoms with Crippen LogP contribution in [0.3, 0.4) is 0 Å². The fourth-order valence-corrected chi connectivity index (χ4v) is 3.10. The van der Waals surface area contributed by atoms with Crippen molar-refractivity contribution in [3.8, 4) is 0 Å². The Hall–Kier alpha value is -1.54. The standard InChI is InChI=1S/C15H24N4O3S/c1-11-9-13(17-22-11)16-15(21)12(2)23-10-14(20)19-6-4-5-18(3)7-8-19/h9,12H,4-8,10H2,1-3H3,(H,16,17,21). The van der Waals surface area contributed by atoms with Gasteiger partial charge in [-0.3, -0.25) is 9.59 Å². The highest BCUT2D eigenvalue weighted by Gasteiger charge is 2.21. The lowest BCUT2D eigenvalue weighted by Gasteiger charge is -2.21. The Morgan fingerprint density at radius 2 is 2.17 bits per heavy atom. The number of amides is 2. The Labute approximate surface area is 140 Å². The molecule has 1 atom stereocenters. The normalized spacial score (nSPS) is 17.6. The quantitative estimate of drug-likeness (QED) is 0.868. The van der Waals surface area contributed by atoms with E-state index >= 15 is 0 Å². The van der Waals surface area contributed by atoms with Crippen LogP contribution in [0.5, 0.6) is 0 Å².